The van der Waals surface area contributed by atoms with Crippen molar-refractivity contribution >= 4 is 28.8 Å². The number of nitrogens with two attached hydrogens (primary N) is 1. The van der Waals surface area contributed by atoms with Crippen molar-refractivity contribution in [2.24, 2.45) is 11.1 Å². The van der Waals surface area contributed by atoms with Crippen molar-refractivity contribution in [3.05, 3.63) is 16.3 Å². The van der Waals surface area contributed by atoms with Crippen LogP contribution in [0.15, 0.2) is 11.4 Å². The quantitative estimate of drug-likeness (QED) is 0.892. The van der Waals surface area contributed by atoms with E-state index in [-0.39, 0.29) is 10.6 Å². The zero-order chi connectivity index (χ0) is 14.1. The molecule has 0 aliphatic carbocycles. The second kappa shape index (κ2) is 4.60. The van der Waals surface area contributed by atoms with Crippen molar-refractivity contribution in [2.75, 3.05) is 5.32 Å². The van der Waals surface area contributed by atoms with Gasteiger partial charge in [-0.05, 0) is 19.9 Å². The fraction of sp³-hybridized carbons (Fsp3) is 0.400. The van der Waals surface area contributed by atoms with Crippen molar-refractivity contribution in [3.8, 4) is 0 Å². The van der Waals surface area contributed by atoms with Gasteiger partial charge in [0.1, 0.15) is 5.41 Å². The number of hydrogen-bond acceptors (Lipinski definition) is 3. The van der Waals surface area contributed by atoms with E-state index in [9.17, 15) is 22.8 Å². The van der Waals surface area contributed by atoms with E-state index in [1.807, 2.05) is 0 Å². The van der Waals surface area contributed by atoms with Gasteiger partial charge < -0.3 is 11.1 Å². The zero-order valence-corrected chi connectivity index (χ0v) is 10.4. The number of anilines is 1. The number of carbonyl (C=O) groups excluding carboxylic acids is 2. The van der Waals surface area contributed by atoms with Gasteiger partial charge in [0.25, 0.3) is 5.91 Å². The third-order valence-electron chi connectivity index (χ3n) is 2.38. The van der Waals surface area contributed by atoms with E-state index in [0.29, 0.717) is 0 Å². The molecule has 0 spiro atoms. The summed E-state index contributed by atoms with van der Waals surface area (Å²) in [4.78, 5) is 22.5. The van der Waals surface area contributed by atoms with Crippen LogP contribution in [0.5, 0.6) is 0 Å². The Morgan fingerprint density at radius 3 is 2.28 bits per heavy atom. The van der Waals surface area contributed by atoms with Gasteiger partial charge in [0.2, 0.25) is 5.91 Å². The smallest absolute Gasteiger partial charge is 0.365 e. The molecule has 0 bridgehead atoms. The summed E-state index contributed by atoms with van der Waals surface area (Å²) in [7, 11) is 0. The van der Waals surface area contributed by atoms with Crippen LogP contribution in [0.3, 0.4) is 0 Å². The van der Waals surface area contributed by atoms with Gasteiger partial charge in [0.15, 0.2) is 0 Å². The fourth-order valence-corrected chi connectivity index (χ4v) is 1.64. The molecule has 0 saturated carbocycles. The molecule has 1 aromatic heterocycles. The standard InChI is InChI=1S/C10H11F3N2O2S/c1-9(2,10(11,12)13)8(17)15-5-3-6(7(14)16)18-4-5/h3-4H,1-2H3,(H2,14,16)(H,15,17). The molecule has 1 aromatic rings. The highest BCUT2D eigenvalue weighted by Crippen LogP contribution is 2.38. The minimum Gasteiger partial charge on any atom is -0.365 e. The molecule has 0 aliphatic heterocycles. The lowest BCUT2D eigenvalue weighted by molar-refractivity contribution is -0.208. The van der Waals surface area contributed by atoms with Crippen molar-refractivity contribution in [1.29, 1.82) is 0 Å². The van der Waals surface area contributed by atoms with Crippen LogP contribution in [0, 0.1) is 5.41 Å². The molecule has 3 N–H and O–H groups in total. The Hall–Kier alpha value is -1.57. The van der Waals surface area contributed by atoms with Crippen LogP contribution >= 0.6 is 11.3 Å². The number of alkyl halides is 3. The van der Waals surface area contributed by atoms with E-state index >= 15 is 0 Å². The van der Waals surface area contributed by atoms with Crippen LogP contribution < -0.4 is 11.1 Å². The second-order valence-corrected chi connectivity index (χ2v) is 5.05. The molecule has 1 heterocycles. The Kier molecular flexibility index (Phi) is 3.70. The number of nitrogens with one attached hydrogen (secondary N) is 1. The number of carbonyl (C=O) groups is 2. The van der Waals surface area contributed by atoms with Gasteiger partial charge in [0, 0.05) is 5.38 Å². The Morgan fingerprint density at radius 2 is 1.89 bits per heavy atom. The van der Waals surface area contributed by atoms with Gasteiger partial charge in [0.05, 0.1) is 10.6 Å². The molecule has 0 fully saturated rings. The summed E-state index contributed by atoms with van der Waals surface area (Å²) < 4.78 is 37.8. The van der Waals surface area contributed by atoms with E-state index in [2.05, 4.69) is 5.32 Å². The molecule has 18 heavy (non-hydrogen) atoms. The third-order valence-corrected chi connectivity index (χ3v) is 3.32. The van der Waals surface area contributed by atoms with Crippen molar-refractivity contribution in [3.63, 3.8) is 0 Å². The van der Waals surface area contributed by atoms with E-state index in [4.69, 9.17) is 5.73 Å². The maximum atomic E-state index is 12.6. The van der Waals surface area contributed by atoms with E-state index in [0.717, 1.165) is 25.2 Å². The molecule has 100 valence electrons. The third kappa shape index (κ3) is 2.81. The summed E-state index contributed by atoms with van der Waals surface area (Å²) in [5.41, 5.74) is 2.60. The van der Waals surface area contributed by atoms with Crippen LogP contribution in [0.4, 0.5) is 18.9 Å². The summed E-state index contributed by atoms with van der Waals surface area (Å²) in [5.74, 6) is -1.89. The molecular weight excluding hydrogens is 269 g/mol. The highest BCUT2D eigenvalue weighted by molar-refractivity contribution is 7.12. The van der Waals surface area contributed by atoms with Gasteiger partial charge >= 0.3 is 6.18 Å². The predicted molar refractivity (Wildman–Crippen MR) is 61.3 cm³/mol. The Labute approximate surface area is 105 Å². The first-order chi connectivity index (χ1) is 8.05. The minimum absolute atomic E-state index is 0.121. The lowest BCUT2D eigenvalue weighted by atomic mass is 9.91. The first-order valence-electron chi connectivity index (χ1n) is 4.82. The summed E-state index contributed by atoms with van der Waals surface area (Å²) in [6.45, 7) is 1.56. The Balaban J connectivity index is 2.85. The maximum Gasteiger partial charge on any atom is 0.402 e. The van der Waals surface area contributed by atoms with Crippen LogP contribution in [0.2, 0.25) is 0 Å². The summed E-state index contributed by atoms with van der Waals surface area (Å²) in [5, 5.41) is 3.46. The Morgan fingerprint density at radius 1 is 1.33 bits per heavy atom. The minimum atomic E-state index is -4.65. The number of hydrogen-bond donors (Lipinski definition) is 2. The molecule has 4 nitrogen and oxygen atoms in total. The first-order valence-corrected chi connectivity index (χ1v) is 5.70. The Bertz CT molecular complexity index is 480. The molecule has 2 amide bonds. The summed E-state index contributed by atoms with van der Waals surface area (Å²) in [6.07, 6.45) is -4.65. The van der Waals surface area contributed by atoms with Crippen molar-refractivity contribution in [1.82, 2.24) is 0 Å². The second-order valence-electron chi connectivity index (χ2n) is 4.14. The highest BCUT2D eigenvalue weighted by Gasteiger charge is 2.52. The molecule has 0 saturated heterocycles. The number of thiophene rings is 1. The zero-order valence-electron chi connectivity index (χ0n) is 9.59. The lowest BCUT2D eigenvalue weighted by Crippen LogP contribution is -2.43. The van der Waals surface area contributed by atoms with Crippen LogP contribution in [-0.2, 0) is 4.79 Å². The molecule has 0 aliphatic rings. The maximum absolute atomic E-state index is 12.6. The molecule has 0 atom stereocenters. The molecule has 0 radical (unpaired) electrons. The average molecular weight is 280 g/mol. The highest BCUT2D eigenvalue weighted by atomic mass is 32.1. The van der Waals surface area contributed by atoms with Crippen molar-refractivity contribution < 1.29 is 22.8 Å². The van der Waals surface area contributed by atoms with Gasteiger partial charge in [-0.3, -0.25) is 9.59 Å². The van der Waals surface area contributed by atoms with Crippen molar-refractivity contribution in [2.45, 2.75) is 20.0 Å². The lowest BCUT2D eigenvalue weighted by Gasteiger charge is -2.25. The molecule has 0 unspecified atom stereocenters. The van der Waals surface area contributed by atoms with E-state index < -0.39 is 23.4 Å². The van der Waals surface area contributed by atoms with E-state index in [1.54, 1.807) is 0 Å². The first kappa shape index (κ1) is 14.5. The SMILES string of the molecule is CC(C)(C(=O)Nc1csc(C(N)=O)c1)C(F)(F)F. The van der Waals surface area contributed by atoms with Gasteiger partial charge in [-0.1, -0.05) is 0 Å². The van der Waals surface area contributed by atoms with Gasteiger partial charge in [-0.15, -0.1) is 11.3 Å². The normalized spacial score (nSPS) is 12.3. The summed E-state index contributed by atoms with van der Waals surface area (Å²) >= 11 is 0.947. The summed E-state index contributed by atoms with van der Waals surface area (Å²) in [6, 6.07) is 1.23. The topological polar surface area (TPSA) is 72.2 Å². The number of amides is 2. The molecular formula is C10H11F3N2O2S. The monoisotopic (exact) mass is 280 g/mol. The number of primary amides is 1. The number of halogens is 3. The predicted octanol–water partition coefficient (Wildman–Crippen LogP) is 2.37. The molecule has 1 rings (SSSR count). The average Bonchev–Trinajstić information content (AvgIpc) is 2.64. The molecule has 8 heteroatoms. The van der Waals surface area contributed by atoms with Gasteiger partial charge in [-0.2, -0.15) is 13.2 Å². The van der Waals surface area contributed by atoms with Gasteiger partial charge in [-0.25, -0.2) is 0 Å². The van der Waals surface area contributed by atoms with Crippen LogP contribution in [-0.4, -0.2) is 18.0 Å². The fourth-order valence-electron chi connectivity index (χ4n) is 0.947. The van der Waals surface area contributed by atoms with Crippen LogP contribution in [0.1, 0.15) is 23.5 Å². The largest absolute Gasteiger partial charge is 0.402 e. The molecule has 0 aromatic carbocycles. The van der Waals surface area contributed by atoms with Crippen LogP contribution in [0.25, 0.3) is 0 Å². The number of rotatable bonds is 3. The van der Waals surface area contributed by atoms with E-state index in [1.165, 1.54) is 11.4 Å².